The minimum atomic E-state index is 0.289. The molecular formula is C19H34N6O2. The van der Waals surface area contributed by atoms with Crippen molar-refractivity contribution in [3.8, 4) is 0 Å². The maximum atomic E-state index is 5.49. The second-order valence-electron chi connectivity index (χ2n) is 7.90. The molecule has 0 spiro atoms. The number of nitrogens with zero attached hydrogens (tertiary/aromatic N) is 4. The lowest BCUT2D eigenvalue weighted by atomic mass is 10.0. The van der Waals surface area contributed by atoms with Crippen molar-refractivity contribution < 1.29 is 9.26 Å². The Hall–Kier alpha value is -1.67. The van der Waals surface area contributed by atoms with Crippen molar-refractivity contribution >= 4 is 5.96 Å². The van der Waals surface area contributed by atoms with Crippen LogP contribution in [0.5, 0.6) is 0 Å². The lowest BCUT2D eigenvalue weighted by Crippen LogP contribution is -2.49. The summed E-state index contributed by atoms with van der Waals surface area (Å²) in [6, 6.07) is 0.475. The fourth-order valence-electron chi connectivity index (χ4n) is 3.63. The van der Waals surface area contributed by atoms with Gasteiger partial charge in [0, 0.05) is 58.2 Å². The summed E-state index contributed by atoms with van der Waals surface area (Å²) in [6.45, 7) is 10.2. The monoisotopic (exact) mass is 378 g/mol. The highest BCUT2D eigenvalue weighted by molar-refractivity contribution is 5.79. The Morgan fingerprint density at radius 3 is 2.74 bits per heavy atom. The van der Waals surface area contributed by atoms with Crippen LogP contribution in [0, 0.1) is 5.92 Å². The van der Waals surface area contributed by atoms with Gasteiger partial charge in [-0.3, -0.25) is 4.99 Å². The molecule has 1 aromatic rings. The highest BCUT2D eigenvalue weighted by Crippen LogP contribution is 2.17. The average molecular weight is 379 g/mol. The van der Waals surface area contributed by atoms with Crippen molar-refractivity contribution in [3.63, 3.8) is 0 Å². The van der Waals surface area contributed by atoms with E-state index in [1.807, 2.05) is 7.05 Å². The lowest BCUT2D eigenvalue weighted by molar-refractivity contribution is 0.150. The molecule has 27 heavy (non-hydrogen) atoms. The first kappa shape index (κ1) is 20.1. The molecule has 1 unspecified atom stereocenters. The predicted octanol–water partition coefficient (Wildman–Crippen LogP) is 1.40. The van der Waals surface area contributed by atoms with E-state index >= 15 is 0 Å². The molecule has 1 atom stereocenters. The third-order valence-corrected chi connectivity index (χ3v) is 5.32. The predicted molar refractivity (Wildman–Crippen MR) is 105 cm³/mol. The van der Waals surface area contributed by atoms with Gasteiger partial charge < -0.3 is 24.8 Å². The topological polar surface area (TPSA) is 87.8 Å². The number of piperidine rings is 1. The Kier molecular flexibility index (Phi) is 7.46. The van der Waals surface area contributed by atoms with Crippen molar-refractivity contribution in [1.29, 1.82) is 0 Å². The summed E-state index contributed by atoms with van der Waals surface area (Å²) in [5.41, 5.74) is 0. The molecule has 2 aliphatic rings. The van der Waals surface area contributed by atoms with Crippen molar-refractivity contribution in [2.75, 3.05) is 46.4 Å². The van der Waals surface area contributed by atoms with Crippen molar-refractivity contribution in [2.45, 2.75) is 51.5 Å². The van der Waals surface area contributed by atoms with Crippen LogP contribution in [0.2, 0.25) is 0 Å². The summed E-state index contributed by atoms with van der Waals surface area (Å²) < 4.78 is 10.8. The van der Waals surface area contributed by atoms with E-state index in [1.165, 1.54) is 13.0 Å². The summed E-state index contributed by atoms with van der Waals surface area (Å²) >= 11 is 0. The number of hydrogen-bond donors (Lipinski definition) is 2. The van der Waals surface area contributed by atoms with Gasteiger partial charge >= 0.3 is 0 Å². The largest absolute Gasteiger partial charge is 0.381 e. The molecule has 8 nitrogen and oxygen atoms in total. The number of aromatic nitrogens is 2. The van der Waals surface area contributed by atoms with Gasteiger partial charge in [0.05, 0.1) is 6.61 Å². The summed E-state index contributed by atoms with van der Waals surface area (Å²) in [4.78, 5) is 11.3. The quantitative estimate of drug-likeness (QED) is 0.548. The van der Waals surface area contributed by atoms with E-state index in [0.717, 1.165) is 63.4 Å². The van der Waals surface area contributed by atoms with E-state index in [2.05, 4.69) is 44.5 Å². The second kappa shape index (κ2) is 10.0. The fraction of sp³-hybridized carbons (Fsp3) is 0.842. The van der Waals surface area contributed by atoms with E-state index in [9.17, 15) is 0 Å². The van der Waals surface area contributed by atoms with E-state index < -0.39 is 0 Å². The third-order valence-electron chi connectivity index (χ3n) is 5.32. The van der Waals surface area contributed by atoms with Crippen LogP contribution in [-0.4, -0.2) is 73.5 Å². The summed E-state index contributed by atoms with van der Waals surface area (Å²) in [5.74, 6) is 3.30. The first-order chi connectivity index (χ1) is 13.1. The van der Waals surface area contributed by atoms with E-state index in [4.69, 9.17) is 9.26 Å². The van der Waals surface area contributed by atoms with Crippen molar-refractivity contribution in [1.82, 2.24) is 25.7 Å². The molecule has 2 N–H and O–H groups in total. The standard InChI is InChI=1S/C19H34N6O2/c1-14(2)18-23-17(27-24-18)4-8-21-19(20-3)22-16-5-9-25(10-6-16)12-15-7-11-26-13-15/h14-16H,4-13H2,1-3H3,(H2,20,21,22). The molecule has 3 rings (SSSR count). The number of aliphatic imine (C=N–C) groups is 1. The molecule has 8 heteroatoms. The summed E-state index contributed by atoms with van der Waals surface area (Å²) in [6.07, 6.45) is 4.21. The molecular weight excluding hydrogens is 344 g/mol. The molecule has 1 aromatic heterocycles. The SMILES string of the molecule is CN=C(NCCc1nc(C(C)C)no1)NC1CCN(CC2CCOC2)CC1. The zero-order chi connectivity index (χ0) is 19.1. The van der Waals surface area contributed by atoms with Crippen LogP contribution in [0.3, 0.4) is 0 Å². The Morgan fingerprint density at radius 1 is 1.30 bits per heavy atom. The van der Waals surface area contributed by atoms with Gasteiger partial charge in [-0.25, -0.2) is 0 Å². The van der Waals surface area contributed by atoms with Gasteiger partial charge in [0.2, 0.25) is 5.89 Å². The molecule has 0 saturated carbocycles. The summed E-state index contributed by atoms with van der Waals surface area (Å²) in [5, 5.41) is 10.9. The average Bonchev–Trinajstić information content (AvgIpc) is 3.34. The van der Waals surface area contributed by atoms with Gasteiger partial charge in [0.25, 0.3) is 0 Å². The molecule has 0 radical (unpaired) electrons. The normalized spacial score (nSPS) is 22.5. The molecule has 0 aliphatic carbocycles. The highest BCUT2D eigenvalue weighted by atomic mass is 16.5. The fourth-order valence-corrected chi connectivity index (χ4v) is 3.63. The molecule has 2 fully saturated rings. The van der Waals surface area contributed by atoms with Gasteiger partial charge in [0.15, 0.2) is 11.8 Å². The van der Waals surface area contributed by atoms with Gasteiger partial charge in [-0.05, 0) is 25.2 Å². The number of nitrogens with one attached hydrogen (secondary N) is 2. The zero-order valence-corrected chi connectivity index (χ0v) is 16.9. The van der Waals surface area contributed by atoms with E-state index in [-0.39, 0.29) is 5.92 Å². The second-order valence-corrected chi connectivity index (χ2v) is 7.90. The van der Waals surface area contributed by atoms with Gasteiger partial charge in [-0.2, -0.15) is 4.98 Å². The highest BCUT2D eigenvalue weighted by Gasteiger charge is 2.24. The number of likely N-dealkylation sites (tertiary alicyclic amines) is 1. The van der Waals surface area contributed by atoms with Crippen LogP contribution in [0.4, 0.5) is 0 Å². The first-order valence-corrected chi connectivity index (χ1v) is 10.2. The number of ether oxygens (including phenoxy) is 1. The Morgan fingerprint density at radius 2 is 2.11 bits per heavy atom. The van der Waals surface area contributed by atoms with E-state index in [0.29, 0.717) is 18.4 Å². The molecule has 0 bridgehead atoms. The summed E-state index contributed by atoms with van der Waals surface area (Å²) in [7, 11) is 1.81. The van der Waals surface area contributed by atoms with Crippen LogP contribution in [0.15, 0.2) is 9.52 Å². The molecule has 0 amide bonds. The van der Waals surface area contributed by atoms with Crippen LogP contribution in [0.25, 0.3) is 0 Å². The molecule has 2 saturated heterocycles. The van der Waals surface area contributed by atoms with Crippen LogP contribution in [0.1, 0.15) is 50.7 Å². The number of guanidine groups is 1. The maximum absolute atomic E-state index is 5.49. The molecule has 0 aromatic carbocycles. The van der Waals surface area contributed by atoms with E-state index in [1.54, 1.807) is 0 Å². The van der Waals surface area contributed by atoms with Gasteiger partial charge in [-0.1, -0.05) is 19.0 Å². The molecule has 152 valence electrons. The van der Waals surface area contributed by atoms with Gasteiger partial charge in [-0.15, -0.1) is 0 Å². The minimum absolute atomic E-state index is 0.289. The van der Waals surface area contributed by atoms with Crippen LogP contribution >= 0.6 is 0 Å². The lowest BCUT2D eigenvalue weighted by Gasteiger charge is -2.34. The molecule has 2 aliphatic heterocycles. The van der Waals surface area contributed by atoms with Crippen LogP contribution in [-0.2, 0) is 11.2 Å². The Balaban J connectivity index is 1.34. The third kappa shape index (κ3) is 6.17. The first-order valence-electron chi connectivity index (χ1n) is 10.2. The van der Waals surface area contributed by atoms with Gasteiger partial charge in [0.1, 0.15) is 0 Å². The number of rotatable bonds is 7. The minimum Gasteiger partial charge on any atom is -0.381 e. The van der Waals surface area contributed by atoms with Crippen LogP contribution < -0.4 is 10.6 Å². The Labute approximate surface area is 162 Å². The maximum Gasteiger partial charge on any atom is 0.228 e. The van der Waals surface area contributed by atoms with Crippen molar-refractivity contribution in [2.24, 2.45) is 10.9 Å². The smallest absolute Gasteiger partial charge is 0.228 e. The molecule has 3 heterocycles. The number of hydrogen-bond acceptors (Lipinski definition) is 6. The Bertz CT molecular complexity index is 589. The van der Waals surface area contributed by atoms with Crippen molar-refractivity contribution in [3.05, 3.63) is 11.7 Å². The zero-order valence-electron chi connectivity index (χ0n) is 16.9.